The van der Waals surface area contributed by atoms with Crippen molar-refractivity contribution in [2.45, 2.75) is 24.8 Å². The van der Waals surface area contributed by atoms with Crippen LogP contribution in [0.15, 0.2) is 39.7 Å². The second-order valence-corrected chi connectivity index (χ2v) is 5.39. The summed E-state index contributed by atoms with van der Waals surface area (Å²) in [6.07, 6.45) is 8.21. The standard InChI is InChI=1S/C17H15NO4/c1-2-17(8-3-4-9-18(17)16(20)21)12-5-6-13-14(19)7-10-22-15(13)11-12/h1,5-7,10-11H,3-4,8-9H2,(H,20,21). The molecule has 112 valence electrons. The molecule has 1 saturated heterocycles. The van der Waals surface area contributed by atoms with E-state index in [2.05, 4.69) is 5.92 Å². The Morgan fingerprint density at radius 2 is 2.18 bits per heavy atom. The fraction of sp³-hybridized carbons (Fsp3) is 0.294. The van der Waals surface area contributed by atoms with Crippen LogP contribution in [0.2, 0.25) is 0 Å². The van der Waals surface area contributed by atoms with Crippen LogP contribution in [0.4, 0.5) is 4.79 Å². The normalized spacial score (nSPS) is 21.5. The van der Waals surface area contributed by atoms with Gasteiger partial charge >= 0.3 is 6.09 Å². The SMILES string of the molecule is C#CC1(c2ccc3c(=O)ccoc3c2)CCCCN1C(=O)O. The van der Waals surface area contributed by atoms with Crippen molar-refractivity contribution < 1.29 is 14.3 Å². The molecule has 0 spiro atoms. The lowest BCUT2D eigenvalue weighted by atomic mass is 9.81. The Bertz CT molecular complexity index is 832. The molecule has 1 aliphatic heterocycles. The van der Waals surface area contributed by atoms with Gasteiger partial charge in [-0.05, 0) is 37.0 Å². The number of amides is 1. The molecule has 1 atom stereocenters. The highest BCUT2D eigenvalue weighted by molar-refractivity contribution is 5.78. The van der Waals surface area contributed by atoms with E-state index in [0.717, 1.165) is 12.8 Å². The van der Waals surface area contributed by atoms with E-state index >= 15 is 0 Å². The Hall–Kier alpha value is -2.74. The number of nitrogens with zero attached hydrogens (tertiary/aromatic N) is 1. The summed E-state index contributed by atoms with van der Waals surface area (Å²) in [6, 6.07) is 6.39. The zero-order valence-electron chi connectivity index (χ0n) is 11.9. The summed E-state index contributed by atoms with van der Waals surface area (Å²) in [5, 5.41) is 9.94. The van der Waals surface area contributed by atoms with Crippen molar-refractivity contribution in [3.63, 3.8) is 0 Å². The van der Waals surface area contributed by atoms with Crippen molar-refractivity contribution in [1.29, 1.82) is 0 Å². The van der Waals surface area contributed by atoms with Gasteiger partial charge in [0.2, 0.25) is 0 Å². The van der Waals surface area contributed by atoms with Crippen molar-refractivity contribution in [1.82, 2.24) is 4.90 Å². The minimum absolute atomic E-state index is 0.138. The average Bonchev–Trinajstić information content (AvgIpc) is 2.54. The molecule has 1 aromatic heterocycles. The number of hydrogen-bond acceptors (Lipinski definition) is 3. The van der Waals surface area contributed by atoms with Crippen molar-refractivity contribution >= 4 is 17.1 Å². The highest BCUT2D eigenvalue weighted by atomic mass is 16.4. The van der Waals surface area contributed by atoms with E-state index in [1.54, 1.807) is 18.2 Å². The molecule has 1 unspecified atom stereocenters. The molecule has 0 radical (unpaired) electrons. The monoisotopic (exact) mass is 297 g/mol. The first-order valence-corrected chi connectivity index (χ1v) is 7.09. The van der Waals surface area contributed by atoms with Gasteiger partial charge in [0.05, 0.1) is 11.6 Å². The lowest BCUT2D eigenvalue weighted by molar-refractivity contribution is 0.0771. The molecular weight excluding hydrogens is 282 g/mol. The van der Waals surface area contributed by atoms with Gasteiger partial charge < -0.3 is 9.52 Å². The number of terminal acetylenes is 1. The maximum Gasteiger partial charge on any atom is 0.408 e. The Labute approximate surface area is 127 Å². The van der Waals surface area contributed by atoms with E-state index < -0.39 is 11.6 Å². The molecule has 0 aliphatic carbocycles. The van der Waals surface area contributed by atoms with Crippen LogP contribution in [0.5, 0.6) is 0 Å². The molecule has 5 heteroatoms. The minimum Gasteiger partial charge on any atom is -0.465 e. The van der Waals surface area contributed by atoms with Gasteiger partial charge in [0, 0.05) is 12.6 Å². The van der Waals surface area contributed by atoms with E-state index in [1.165, 1.54) is 17.2 Å². The van der Waals surface area contributed by atoms with Crippen LogP contribution >= 0.6 is 0 Å². The number of piperidine rings is 1. The van der Waals surface area contributed by atoms with E-state index in [0.29, 0.717) is 29.5 Å². The second-order valence-electron chi connectivity index (χ2n) is 5.39. The van der Waals surface area contributed by atoms with E-state index in [-0.39, 0.29) is 5.43 Å². The fourth-order valence-electron chi connectivity index (χ4n) is 3.11. The van der Waals surface area contributed by atoms with Crippen LogP contribution in [0.3, 0.4) is 0 Å². The van der Waals surface area contributed by atoms with Crippen molar-refractivity contribution in [2.24, 2.45) is 0 Å². The summed E-state index contributed by atoms with van der Waals surface area (Å²) in [6.45, 7) is 0.399. The molecular formula is C17H15NO4. The van der Waals surface area contributed by atoms with E-state index in [1.807, 2.05) is 0 Å². The number of rotatable bonds is 1. The maximum atomic E-state index is 11.8. The summed E-state index contributed by atoms with van der Waals surface area (Å²) < 4.78 is 5.37. The highest BCUT2D eigenvalue weighted by Gasteiger charge is 2.42. The summed E-state index contributed by atoms with van der Waals surface area (Å²) in [4.78, 5) is 24.7. The lowest BCUT2D eigenvalue weighted by Crippen LogP contribution is -2.51. The van der Waals surface area contributed by atoms with Gasteiger partial charge in [-0.25, -0.2) is 4.79 Å². The quantitative estimate of drug-likeness (QED) is 0.822. The predicted molar refractivity (Wildman–Crippen MR) is 81.6 cm³/mol. The average molecular weight is 297 g/mol. The first-order chi connectivity index (χ1) is 10.6. The highest BCUT2D eigenvalue weighted by Crippen LogP contribution is 2.38. The zero-order chi connectivity index (χ0) is 15.7. The van der Waals surface area contributed by atoms with Crippen molar-refractivity contribution in [3.05, 3.63) is 46.3 Å². The predicted octanol–water partition coefficient (Wildman–Crippen LogP) is 2.79. The Morgan fingerprint density at radius 1 is 1.36 bits per heavy atom. The number of likely N-dealkylation sites (tertiary alicyclic amines) is 1. The zero-order valence-corrected chi connectivity index (χ0v) is 11.9. The smallest absolute Gasteiger partial charge is 0.408 e. The molecule has 5 nitrogen and oxygen atoms in total. The molecule has 0 bridgehead atoms. The molecule has 1 aliphatic rings. The Morgan fingerprint density at radius 3 is 2.91 bits per heavy atom. The molecule has 1 fully saturated rings. The van der Waals surface area contributed by atoms with Crippen LogP contribution in [-0.4, -0.2) is 22.6 Å². The first-order valence-electron chi connectivity index (χ1n) is 7.09. The molecule has 3 rings (SSSR count). The van der Waals surface area contributed by atoms with Crippen LogP contribution in [-0.2, 0) is 5.54 Å². The van der Waals surface area contributed by atoms with Crippen LogP contribution in [0.1, 0.15) is 24.8 Å². The van der Waals surface area contributed by atoms with Crippen LogP contribution in [0, 0.1) is 12.3 Å². The number of carboxylic acid groups (broad SMARTS) is 1. The number of carbonyl (C=O) groups is 1. The molecule has 2 aromatic rings. The van der Waals surface area contributed by atoms with Gasteiger partial charge in [-0.3, -0.25) is 9.69 Å². The van der Waals surface area contributed by atoms with Gasteiger partial charge in [-0.15, -0.1) is 6.42 Å². The van der Waals surface area contributed by atoms with Crippen molar-refractivity contribution in [2.75, 3.05) is 6.54 Å². The molecule has 2 heterocycles. The Kier molecular flexibility index (Phi) is 3.38. The summed E-state index contributed by atoms with van der Waals surface area (Å²) in [7, 11) is 0. The molecule has 0 saturated carbocycles. The van der Waals surface area contributed by atoms with Gasteiger partial charge in [0.25, 0.3) is 0 Å². The lowest BCUT2D eigenvalue weighted by Gasteiger charge is -2.42. The first kappa shape index (κ1) is 14.2. The van der Waals surface area contributed by atoms with Crippen LogP contribution in [0.25, 0.3) is 11.0 Å². The van der Waals surface area contributed by atoms with E-state index in [4.69, 9.17) is 10.8 Å². The van der Waals surface area contributed by atoms with Gasteiger partial charge in [-0.2, -0.15) is 0 Å². The number of hydrogen-bond donors (Lipinski definition) is 1. The Balaban J connectivity index is 2.20. The summed E-state index contributed by atoms with van der Waals surface area (Å²) in [5.41, 5.74) is -0.0667. The van der Waals surface area contributed by atoms with Gasteiger partial charge in [0.15, 0.2) is 5.43 Å². The molecule has 1 N–H and O–H groups in total. The number of fused-ring (bicyclic) bond motifs is 1. The fourth-order valence-corrected chi connectivity index (χ4v) is 3.11. The molecule has 1 aromatic carbocycles. The third-order valence-electron chi connectivity index (χ3n) is 4.24. The third-order valence-corrected chi connectivity index (χ3v) is 4.24. The molecule has 1 amide bonds. The topological polar surface area (TPSA) is 70.8 Å². The summed E-state index contributed by atoms with van der Waals surface area (Å²) >= 11 is 0. The summed E-state index contributed by atoms with van der Waals surface area (Å²) in [5.74, 6) is 2.67. The minimum atomic E-state index is -1.03. The maximum absolute atomic E-state index is 11.8. The third kappa shape index (κ3) is 2.04. The largest absolute Gasteiger partial charge is 0.465 e. The molecule has 22 heavy (non-hydrogen) atoms. The van der Waals surface area contributed by atoms with Gasteiger partial charge in [-0.1, -0.05) is 12.0 Å². The second kappa shape index (κ2) is 5.23. The number of benzene rings is 1. The van der Waals surface area contributed by atoms with E-state index in [9.17, 15) is 14.7 Å². The van der Waals surface area contributed by atoms with Gasteiger partial charge in [0.1, 0.15) is 11.1 Å². The van der Waals surface area contributed by atoms with Crippen LogP contribution < -0.4 is 5.43 Å². The van der Waals surface area contributed by atoms with Crippen molar-refractivity contribution in [3.8, 4) is 12.3 Å².